The van der Waals surface area contributed by atoms with Crippen LogP contribution >= 0.6 is 0 Å². The van der Waals surface area contributed by atoms with Crippen LogP contribution in [0, 0.1) is 6.92 Å². The van der Waals surface area contributed by atoms with Crippen molar-refractivity contribution in [1.29, 1.82) is 0 Å². The molecule has 0 bridgehead atoms. The molecule has 1 heterocycles. The first-order chi connectivity index (χ1) is 12.1. The summed E-state index contributed by atoms with van der Waals surface area (Å²) in [6.07, 6.45) is -0.119. The Labute approximate surface area is 147 Å². The molecule has 1 N–H and O–H groups in total. The molecule has 0 aliphatic carbocycles. The average Bonchev–Trinajstić information content (AvgIpc) is 2.67. The minimum atomic E-state index is -0.235. The van der Waals surface area contributed by atoms with Crippen LogP contribution in [0.1, 0.15) is 27.6 Å². The second-order valence-corrected chi connectivity index (χ2v) is 6.16. The van der Waals surface area contributed by atoms with Gasteiger partial charge in [0.15, 0.2) is 0 Å². The van der Waals surface area contributed by atoms with Gasteiger partial charge in [-0.05, 0) is 24.6 Å². The van der Waals surface area contributed by atoms with Gasteiger partial charge in [-0.25, -0.2) is 0 Å². The van der Waals surface area contributed by atoms with Crippen LogP contribution in [0.25, 0.3) is 0 Å². The highest BCUT2D eigenvalue weighted by atomic mass is 16.5. The Bertz CT molecular complexity index is 728. The molecule has 1 aliphatic rings. The zero-order valence-electron chi connectivity index (χ0n) is 14.3. The molecule has 1 aliphatic heterocycles. The standard InChI is InChI=1S/C20H22N2O3/c1-15-7-9-17(10-8-15)20(24)21-13-19(23)22-11-12-25-18(14-22)16-5-3-2-4-6-16/h2-10,18H,11-14H2,1H3,(H,21,24). The highest BCUT2D eigenvalue weighted by molar-refractivity contribution is 5.96. The van der Waals surface area contributed by atoms with Gasteiger partial charge in [0.2, 0.25) is 5.91 Å². The van der Waals surface area contributed by atoms with E-state index in [9.17, 15) is 9.59 Å². The number of rotatable bonds is 4. The molecule has 3 rings (SSSR count). The first-order valence-corrected chi connectivity index (χ1v) is 8.42. The molecular formula is C20H22N2O3. The number of morpholine rings is 1. The number of nitrogens with one attached hydrogen (secondary N) is 1. The van der Waals surface area contributed by atoms with Gasteiger partial charge in [0.05, 0.1) is 19.7 Å². The van der Waals surface area contributed by atoms with Crippen LogP contribution in [0.5, 0.6) is 0 Å². The van der Waals surface area contributed by atoms with Crippen molar-refractivity contribution < 1.29 is 14.3 Å². The fourth-order valence-corrected chi connectivity index (χ4v) is 2.82. The van der Waals surface area contributed by atoms with Crippen molar-refractivity contribution in [3.63, 3.8) is 0 Å². The fourth-order valence-electron chi connectivity index (χ4n) is 2.82. The Hall–Kier alpha value is -2.66. The molecule has 0 aromatic heterocycles. The van der Waals surface area contributed by atoms with E-state index in [1.54, 1.807) is 17.0 Å². The third-order valence-corrected chi connectivity index (χ3v) is 4.30. The Morgan fingerprint density at radius 3 is 2.56 bits per heavy atom. The van der Waals surface area contributed by atoms with Crippen molar-refractivity contribution in [1.82, 2.24) is 10.2 Å². The van der Waals surface area contributed by atoms with Crippen LogP contribution in [0.2, 0.25) is 0 Å². The molecule has 5 heteroatoms. The van der Waals surface area contributed by atoms with Crippen LogP contribution in [-0.4, -0.2) is 43.0 Å². The monoisotopic (exact) mass is 338 g/mol. The molecule has 2 aromatic rings. The first-order valence-electron chi connectivity index (χ1n) is 8.42. The number of ether oxygens (including phenoxy) is 1. The van der Waals surface area contributed by atoms with Crippen LogP contribution in [0.15, 0.2) is 54.6 Å². The van der Waals surface area contributed by atoms with Crippen LogP contribution < -0.4 is 5.32 Å². The van der Waals surface area contributed by atoms with Crippen molar-refractivity contribution >= 4 is 11.8 Å². The lowest BCUT2D eigenvalue weighted by Crippen LogP contribution is -2.46. The van der Waals surface area contributed by atoms with Crippen molar-refractivity contribution in [3.8, 4) is 0 Å². The number of amides is 2. The maximum atomic E-state index is 12.4. The number of carbonyl (C=O) groups excluding carboxylic acids is 2. The summed E-state index contributed by atoms with van der Waals surface area (Å²) >= 11 is 0. The zero-order chi connectivity index (χ0) is 17.6. The average molecular weight is 338 g/mol. The van der Waals surface area contributed by atoms with Crippen molar-refractivity contribution in [3.05, 3.63) is 71.3 Å². The number of hydrogen-bond acceptors (Lipinski definition) is 3. The molecule has 1 unspecified atom stereocenters. The van der Waals surface area contributed by atoms with Gasteiger partial charge in [0.25, 0.3) is 5.91 Å². The van der Waals surface area contributed by atoms with E-state index in [0.717, 1.165) is 11.1 Å². The SMILES string of the molecule is Cc1ccc(C(=O)NCC(=O)N2CCOC(c3ccccc3)C2)cc1. The summed E-state index contributed by atoms with van der Waals surface area (Å²) in [6, 6.07) is 17.1. The minimum Gasteiger partial charge on any atom is -0.370 e. The Morgan fingerprint density at radius 1 is 1.12 bits per heavy atom. The minimum absolute atomic E-state index is 0.00573. The summed E-state index contributed by atoms with van der Waals surface area (Å²) < 4.78 is 5.77. The summed E-state index contributed by atoms with van der Waals surface area (Å²) in [5, 5.41) is 2.70. The summed E-state index contributed by atoms with van der Waals surface area (Å²) in [6.45, 7) is 3.50. The molecule has 5 nitrogen and oxygen atoms in total. The molecule has 0 saturated carbocycles. The lowest BCUT2D eigenvalue weighted by atomic mass is 10.1. The molecule has 2 aromatic carbocycles. The van der Waals surface area contributed by atoms with E-state index in [-0.39, 0.29) is 24.5 Å². The number of nitrogens with zero attached hydrogens (tertiary/aromatic N) is 1. The molecule has 1 fully saturated rings. The molecular weight excluding hydrogens is 316 g/mol. The summed E-state index contributed by atoms with van der Waals surface area (Å²) in [7, 11) is 0. The van der Waals surface area contributed by atoms with Crippen molar-refractivity contribution in [2.45, 2.75) is 13.0 Å². The molecule has 130 valence electrons. The second kappa shape index (κ2) is 7.94. The maximum Gasteiger partial charge on any atom is 0.251 e. The van der Waals surface area contributed by atoms with E-state index in [1.165, 1.54) is 0 Å². The van der Waals surface area contributed by atoms with Gasteiger partial charge < -0.3 is 15.0 Å². The largest absolute Gasteiger partial charge is 0.370 e. The summed E-state index contributed by atoms with van der Waals surface area (Å²) in [5.41, 5.74) is 2.71. The van der Waals surface area contributed by atoms with Crippen LogP contribution in [-0.2, 0) is 9.53 Å². The first kappa shape index (κ1) is 17.2. The van der Waals surface area contributed by atoms with Gasteiger partial charge in [-0.15, -0.1) is 0 Å². The van der Waals surface area contributed by atoms with Gasteiger partial charge in [0, 0.05) is 12.1 Å². The highest BCUT2D eigenvalue weighted by Crippen LogP contribution is 2.21. The Morgan fingerprint density at radius 2 is 1.84 bits per heavy atom. The maximum absolute atomic E-state index is 12.4. The second-order valence-electron chi connectivity index (χ2n) is 6.16. The van der Waals surface area contributed by atoms with Crippen molar-refractivity contribution in [2.75, 3.05) is 26.2 Å². The van der Waals surface area contributed by atoms with Gasteiger partial charge in [-0.2, -0.15) is 0 Å². The van der Waals surface area contributed by atoms with Gasteiger partial charge >= 0.3 is 0 Å². The van der Waals surface area contributed by atoms with Crippen molar-refractivity contribution in [2.24, 2.45) is 0 Å². The molecule has 1 atom stereocenters. The van der Waals surface area contributed by atoms with Crippen LogP contribution in [0.4, 0.5) is 0 Å². The predicted molar refractivity (Wildman–Crippen MR) is 95.2 cm³/mol. The Kier molecular flexibility index (Phi) is 5.46. The zero-order valence-corrected chi connectivity index (χ0v) is 14.3. The summed E-state index contributed by atoms with van der Waals surface area (Å²) in [5.74, 6) is -0.328. The van der Waals surface area contributed by atoms with Gasteiger partial charge in [-0.3, -0.25) is 9.59 Å². The van der Waals surface area contributed by atoms with E-state index in [1.807, 2.05) is 49.4 Å². The lowest BCUT2D eigenvalue weighted by Gasteiger charge is -2.33. The van der Waals surface area contributed by atoms with E-state index in [0.29, 0.717) is 25.3 Å². The quantitative estimate of drug-likeness (QED) is 0.931. The normalized spacial score (nSPS) is 17.2. The van der Waals surface area contributed by atoms with E-state index < -0.39 is 0 Å². The van der Waals surface area contributed by atoms with E-state index in [2.05, 4.69) is 5.32 Å². The molecule has 25 heavy (non-hydrogen) atoms. The number of aryl methyl sites for hydroxylation is 1. The molecule has 1 saturated heterocycles. The number of carbonyl (C=O) groups is 2. The third kappa shape index (κ3) is 4.45. The Balaban J connectivity index is 1.54. The predicted octanol–water partition coefficient (Wildman–Crippen LogP) is 2.32. The highest BCUT2D eigenvalue weighted by Gasteiger charge is 2.25. The molecule has 0 radical (unpaired) electrons. The number of hydrogen-bond donors (Lipinski definition) is 1. The summed E-state index contributed by atoms with van der Waals surface area (Å²) in [4.78, 5) is 26.3. The number of benzene rings is 2. The fraction of sp³-hybridized carbons (Fsp3) is 0.300. The van der Waals surface area contributed by atoms with Gasteiger partial charge in [0.1, 0.15) is 6.10 Å². The topological polar surface area (TPSA) is 58.6 Å². The molecule has 0 spiro atoms. The lowest BCUT2D eigenvalue weighted by molar-refractivity contribution is -0.137. The third-order valence-electron chi connectivity index (χ3n) is 4.30. The van der Waals surface area contributed by atoms with E-state index in [4.69, 9.17) is 4.74 Å². The smallest absolute Gasteiger partial charge is 0.251 e. The van der Waals surface area contributed by atoms with Crippen LogP contribution in [0.3, 0.4) is 0 Å². The van der Waals surface area contributed by atoms with E-state index >= 15 is 0 Å². The molecule has 2 amide bonds. The van der Waals surface area contributed by atoms with Gasteiger partial charge in [-0.1, -0.05) is 48.0 Å².